The van der Waals surface area contributed by atoms with Crippen LogP contribution in [0.5, 0.6) is 11.5 Å². The predicted octanol–water partition coefficient (Wildman–Crippen LogP) is 23.1. The molecule has 4 aromatic heterocycles. The number of imidazole rings is 1. The minimum atomic E-state index is -2.94. The van der Waals surface area contributed by atoms with E-state index in [4.69, 9.17) is 22.4 Å². The van der Waals surface area contributed by atoms with Crippen molar-refractivity contribution in [3.8, 4) is 118 Å². The summed E-state index contributed by atoms with van der Waals surface area (Å²) in [6.07, 6.45) is 5.56. The van der Waals surface area contributed by atoms with Crippen molar-refractivity contribution in [1.29, 1.82) is 0 Å². The van der Waals surface area contributed by atoms with Crippen LogP contribution in [0, 0.1) is 32.2 Å². The van der Waals surface area contributed by atoms with Crippen molar-refractivity contribution in [2.75, 3.05) is 0 Å². The van der Waals surface area contributed by atoms with Gasteiger partial charge in [0, 0.05) is 63.3 Å². The van der Waals surface area contributed by atoms with Crippen LogP contribution in [0.4, 0.5) is 0 Å². The van der Waals surface area contributed by atoms with Crippen molar-refractivity contribution >= 4 is 54.8 Å². The molecular formula is C90H62N4O2Pt-2. The van der Waals surface area contributed by atoms with Gasteiger partial charge in [0.25, 0.3) is 6.33 Å². The Bertz CT molecular complexity index is 6910. The number of hydrogen-bond acceptors (Lipinski definition) is 3. The monoisotopic (exact) mass is 1440 g/mol. The molecule has 0 spiro atoms. The largest absolute Gasteiger partial charge is 0.510 e. The minimum Gasteiger partial charge on any atom is -0.510 e. The van der Waals surface area contributed by atoms with Gasteiger partial charge in [0.05, 0.1) is 34.5 Å². The summed E-state index contributed by atoms with van der Waals surface area (Å²) in [4.78, 5) is 4.89. The summed E-state index contributed by atoms with van der Waals surface area (Å²) in [7, 11) is 0. The van der Waals surface area contributed by atoms with Crippen LogP contribution in [-0.2, 0) is 26.5 Å². The third kappa shape index (κ3) is 10.1. The van der Waals surface area contributed by atoms with E-state index in [1.165, 1.54) is 18.2 Å². The Balaban J connectivity index is 0.00000968. The summed E-state index contributed by atoms with van der Waals surface area (Å²) >= 11 is 0. The van der Waals surface area contributed by atoms with Gasteiger partial charge in [0.1, 0.15) is 17.0 Å². The molecule has 13 aromatic carbocycles. The maximum atomic E-state index is 10.3. The SMILES string of the molecule is [2H]c1c([2H])c([2H])c(-c2c([2H])c(-c3ccc4c(c3)-c3cccc(-c5c(C([2H])([2H])[2H])cccc5C([2H])([2H])[2H])c3-[n+]3[c-]n(-c5[c-]c(Oc6[c-]c7c(cc6)c6ccccc6n7-c6cc(C(C)(C)C)ccn6)ccc5)c5cc(-c6ccc7oc8ccccc8c7c6)cc(c53)-c3ccccc3-4)c([2H])c(-c3c([2H])c([2H])c([2H])c([2H])c3[2H])c2[2H])c([2H])c1[2H].[Pt]. The Kier molecular flexibility index (Phi) is 10.2. The number of furan rings is 1. The van der Waals surface area contributed by atoms with E-state index in [9.17, 15) is 17.8 Å². The van der Waals surface area contributed by atoms with E-state index in [1.807, 2.05) is 126 Å². The molecule has 97 heavy (non-hydrogen) atoms. The van der Waals surface area contributed by atoms with E-state index in [1.54, 1.807) is 47.0 Å². The number of hydrogen-bond donors (Lipinski definition) is 0. The molecule has 0 saturated carbocycles. The van der Waals surface area contributed by atoms with Gasteiger partial charge in [-0.3, -0.25) is 4.57 Å². The standard InChI is InChI=1S/C90H62N4O2.Pt/c1-56-21-18-22-57(2)87(56)77-34-20-33-76-78-48-60(64-46-62(58-23-8-6-9-24-58)45-63(47-64)59-25-10-7-11-26-59)37-40-72(78)70-29-12-13-30-71(70)80-50-65(61-38-42-85-79(49-61)75-32-15-17-36-84(75)96-85)51-83-89(80)93(88(76)77)55-92(83)67-27-19-28-68(53-67)95-69-39-41-74-73-31-14-16-35-81(73)94(82(74)54-69)86-52-66(43-44-91-86)90(3,4)5;/h6-52H,1-5H3;/q-2;/i1D3,2D3,6D,7D,8D,9D,10D,11D,23D,24D,25D,26D,45D,46D,47D;. The zero-order valence-electron chi connectivity index (χ0n) is 71.1. The molecular weight excluding hydrogens is 1360 g/mol. The Morgan fingerprint density at radius 2 is 1.09 bits per heavy atom. The predicted molar refractivity (Wildman–Crippen MR) is 392 cm³/mol. The van der Waals surface area contributed by atoms with Crippen molar-refractivity contribution in [3.63, 3.8) is 0 Å². The number of ether oxygens (including phenoxy) is 1. The van der Waals surface area contributed by atoms with E-state index >= 15 is 0 Å². The van der Waals surface area contributed by atoms with Gasteiger partial charge in [-0.25, -0.2) is 4.98 Å². The molecule has 6 nitrogen and oxygen atoms in total. The summed E-state index contributed by atoms with van der Waals surface area (Å²) in [5.74, 6) is 1.33. The van der Waals surface area contributed by atoms with Crippen LogP contribution in [-0.4, -0.2) is 14.1 Å². The molecule has 0 radical (unpaired) electrons. The fourth-order valence-corrected chi connectivity index (χ4v) is 13.5. The van der Waals surface area contributed by atoms with Crippen LogP contribution < -0.4 is 9.30 Å². The van der Waals surface area contributed by atoms with E-state index in [0.29, 0.717) is 78.4 Å². The molecule has 0 unspecified atom stereocenters. The maximum Gasteiger partial charge on any atom is 0.268 e. The van der Waals surface area contributed by atoms with Crippen LogP contribution in [0.15, 0.2) is 289 Å². The van der Waals surface area contributed by atoms with E-state index in [0.717, 1.165) is 43.7 Å². The summed E-state index contributed by atoms with van der Waals surface area (Å²) in [6, 6.07) is 57.9. The van der Waals surface area contributed by atoms with Crippen LogP contribution in [0.2, 0.25) is 0 Å². The topological polar surface area (TPSA) is 49.0 Å². The van der Waals surface area contributed by atoms with Crippen LogP contribution in [0.3, 0.4) is 0 Å². The first kappa shape index (κ1) is 42.1. The normalized spacial score (nSPS) is 14.9. The van der Waals surface area contributed by atoms with Gasteiger partial charge >= 0.3 is 0 Å². The van der Waals surface area contributed by atoms with Crippen molar-refractivity contribution in [1.82, 2.24) is 14.1 Å². The number of benzene rings is 13. The summed E-state index contributed by atoms with van der Waals surface area (Å²) < 4.78 is 194. The Morgan fingerprint density at radius 1 is 0.474 bits per heavy atom. The summed E-state index contributed by atoms with van der Waals surface area (Å²) in [6.45, 7) is 0.569. The van der Waals surface area contributed by atoms with Gasteiger partial charge in [-0.1, -0.05) is 208 Å². The molecule has 0 fully saturated rings. The molecule has 0 saturated heterocycles. The van der Waals surface area contributed by atoms with Gasteiger partial charge in [-0.15, -0.1) is 29.7 Å². The van der Waals surface area contributed by atoms with E-state index in [2.05, 4.69) is 68.1 Å². The maximum absolute atomic E-state index is 10.3. The number of pyridine rings is 1. The van der Waals surface area contributed by atoms with Crippen molar-refractivity contribution in [2.45, 2.75) is 39.9 Å². The number of nitrogens with zero attached hydrogens (tertiary/aromatic N) is 4. The Morgan fingerprint density at radius 3 is 1.86 bits per heavy atom. The van der Waals surface area contributed by atoms with Crippen LogP contribution in [0.1, 0.15) is 63.5 Å². The van der Waals surface area contributed by atoms with Crippen LogP contribution >= 0.6 is 0 Å². The molecule has 7 heteroatoms. The number of aromatic nitrogens is 4. The molecule has 1 aliphatic heterocycles. The zero-order valence-corrected chi connectivity index (χ0v) is 54.3. The summed E-state index contributed by atoms with van der Waals surface area (Å²) in [5, 5.41) is 3.64. The Hall–Kier alpha value is -11.4. The first-order chi connectivity index (χ1) is 54.9. The number of aryl methyl sites for hydroxylation is 2. The Labute approximate surface area is 604 Å². The molecule has 0 bridgehead atoms. The minimum absolute atomic E-state index is 0. The zero-order chi connectivity index (χ0) is 80.7. The third-order valence-electron chi connectivity index (χ3n) is 18.0. The second-order valence-electron chi connectivity index (χ2n) is 24.8. The quantitative estimate of drug-likeness (QED) is 0.107. The molecule has 0 N–H and O–H groups in total. The van der Waals surface area contributed by atoms with Gasteiger partial charge in [0.2, 0.25) is 0 Å². The molecule has 0 aliphatic carbocycles. The van der Waals surface area contributed by atoms with Gasteiger partial charge in [-0.2, -0.15) is 18.2 Å². The first-order valence-electron chi connectivity index (χ1n) is 40.8. The molecule has 0 amide bonds. The molecule has 1 aliphatic rings. The fourth-order valence-electron chi connectivity index (χ4n) is 13.5. The average molecular weight is 1450 g/mol. The van der Waals surface area contributed by atoms with Crippen molar-refractivity contribution < 1.29 is 60.8 Å². The van der Waals surface area contributed by atoms with Gasteiger partial charge in [-0.05, 0) is 203 Å². The van der Waals surface area contributed by atoms with E-state index < -0.39 is 115 Å². The first-order valence-corrected chi connectivity index (χ1v) is 31.3. The third-order valence-corrected chi connectivity index (χ3v) is 18.0. The van der Waals surface area contributed by atoms with Crippen molar-refractivity contribution in [3.05, 3.63) is 320 Å². The smallest absolute Gasteiger partial charge is 0.268 e. The second-order valence-corrected chi connectivity index (χ2v) is 24.8. The number of fused-ring (bicyclic) bond motifs is 13. The van der Waals surface area contributed by atoms with E-state index in [-0.39, 0.29) is 71.3 Å². The number of rotatable bonds is 9. The average Bonchev–Trinajstić information content (AvgIpc) is 1.70. The van der Waals surface area contributed by atoms with Crippen molar-refractivity contribution in [2.24, 2.45) is 0 Å². The molecule has 18 rings (SSSR count). The van der Waals surface area contributed by atoms with Gasteiger partial charge in [0.15, 0.2) is 0 Å². The van der Waals surface area contributed by atoms with Crippen LogP contribution in [0.25, 0.3) is 161 Å². The fraction of sp³-hybridized carbons (Fsp3) is 0.0667. The summed E-state index contributed by atoms with van der Waals surface area (Å²) in [5.41, 5.74) is 6.48. The molecule has 0 atom stereocenters. The second kappa shape index (κ2) is 23.5. The van der Waals surface area contributed by atoms with Gasteiger partial charge < -0.3 is 18.3 Å². The molecule has 17 aromatic rings. The number of para-hydroxylation sites is 3. The molecule has 5 heterocycles. The molecule has 466 valence electrons.